The number of aliphatic hydroxyl groups is 1. The average Bonchev–Trinajstić information content (AvgIpc) is 2.62. The van der Waals surface area contributed by atoms with Gasteiger partial charge >= 0.3 is 0 Å². The molecule has 116 valence electrons. The van der Waals surface area contributed by atoms with E-state index in [0.29, 0.717) is 17.8 Å². The van der Waals surface area contributed by atoms with E-state index in [1.165, 1.54) is 0 Å². The molecule has 0 spiro atoms. The molecule has 1 aliphatic rings. The smallest absolute Gasteiger partial charge is 0.198 e. The molecule has 0 saturated carbocycles. The second-order valence-electron chi connectivity index (χ2n) is 5.35. The van der Waals surface area contributed by atoms with Crippen molar-refractivity contribution in [2.45, 2.75) is 18.6 Å². The van der Waals surface area contributed by atoms with Gasteiger partial charge in [-0.15, -0.1) is 0 Å². The lowest BCUT2D eigenvalue weighted by atomic mass is 9.85. The Morgan fingerprint density at radius 3 is 2.43 bits per heavy atom. The molecule has 0 fully saturated rings. The van der Waals surface area contributed by atoms with Crippen molar-refractivity contribution in [3.8, 4) is 11.8 Å². The van der Waals surface area contributed by atoms with Gasteiger partial charge in [-0.3, -0.25) is 0 Å². The van der Waals surface area contributed by atoms with Crippen LogP contribution >= 0.6 is 0 Å². The standard InChI is InChI=1S/C19H17NO3/c1-22-15-9-7-13(8-10-15)16-11-18(21)23-19(17(16)12-20)14-5-3-2-4-6-14/h2-10,16,18,21H,11H2,1H3/t16-,18+/m1/s1. The van der Waals surface area contributed by atoms with Crippen LogP contribution in [0.5, 0.6) is 5.75 Å². The lowest BCUT2D eigenvalue weighted by molar-refractivity contribution is -0.0545. The molecular formula is C19H17NO3. The van der Waals surface area contributed by atoms with E-state index in [-0.39, 0.29) is 5.92 Å². The minimum Gasteiger partial charge on any atom is -0.497 e. The quantitative estimate of drug-likeness (QED) is 0.943. The second kappa shape index (κ2) is 6.55. The molecule has 0 unspecified atom stereocenters. The molecule has 23 heavy (non-hydrogen) atoms. The molecule has 1 N–H and O–H groups in total. The van der Waals surface area contributed by atoms with Gasteiger partial charge in [0.1, 0.15) is 11.5 Å². The van der Waals surface area contributed by atoms with Crippen molar-refractivity contribution < 1.29 is 14.6 Å². The Balaban J connectivity index is 2.06. The van der Waals surface area contributed by atoms with E-state index in [0.717, 1.165) is 16.9 Å². The summed E-state index contributed by atoms with van der Waals surface area (Å²) in [6.07, 6.45) is -0.583. The zero-order valence-electron chi connectivity index (χ0n) is 12.8. The minimum atomic E-state index is -0.936. The number of allylic oxidation sites excluding steroid dienone is 1. The Kier molecular flexibility index (Phi) is 4.31. The molecule has 4 heteroatoms. The summed E-state index contributed by atoms with van der Waals surface area (Å²) in [7, 11) is 1.61. The van der Waals surface area contributed by atoms with Crippen molar-refractivity contribution in [1.29, 1.82) is 5.26 Å². The monoisotopic (exact) mass is 307 g/mol. The van der Waals surface area contributed by atoms with Gasteiger partial charge in [0.25, 0.3) is 0 Å². The fraction of sp³-hybridized carbons (Fsp3) is 0.211. The number of aliphatic hydroxyl groups excluding tert-OH is 1. The van der Waals surface area contributed by atoms with Gasteiger partial charge < -0.3 is 14.6 Å². The highest BCUT2D eigenvalue weighted by atomic mass is 16.6. The third-order valence-corrected chi connectivity index (χ3v) is 3.96. The Morgan fingerprint density at radius 2 is 1.83 bits per heavy atom. The zero-order valence-corrected chi connectivity index (χ0v) is 12.8. The van der Waals surface area contributed by atoms with Gasteiger partial charge in [-0.05, 0) is 17.7 Å². The average molecular weight is 307 g/mol. The third-order valence-electron chi connectivity index (χ3n) is 3.96. The van der Waals surface area contributed by atoms with Crippen LogP contribution in [-0.2, 0) is 4.74 Å². The first-order valence-electron chi connectivity index (χ1n) is 7.41. The molecule has 2 aromatic rings. The fourth-order valence-electron chi connectivity index (χ4n) is 2.81. The highest BCUT2D eigenvalue weighted by molar-refractivity contribution is 5.69. The summed E-state index contributed by atoms with van der Waals surface area (Å²) in [6, 6.07) is 19.2. The maximum absolute atomic E-state index is 10.1. The molecule has 2 atom stereocenters. The Labute approximate surface area is 135 Å². The van der Waals surface area contributed by atoms with E-state index in [9.17, 15) is 10.4 Å². The summed E-state index contributed by atoms with van der Waals surface area (Å²) in [5.74, 6) is 1.00. The lowest BCUT2D eigenvalue weighted by Crippen LogP contribution is -2.23. The molecular weight excluding hydrogens is 290 g/mol. The molecule has 0 aromatic heterocycles. The molecule has 0 bridgehead atoms. The number of rotatable bonds is 3. The molecule has 0 amide bonds. The van der Waals surface area contributed by atoms with Crippen LogP contribution in [0, 0.1) is 11.3 Å². The highest BCUT2D eigenvalue weighted by Gasteiger charge is 2.31. The summed E-state index contributed by atoms with van der Waals surface area (Å²) in [4.78, 5) is 0. The second-order valence-corrected chi connectivity index (χ2v) is 5.35. The van der Waals surface area contributed by atoms with Crippen LogP contribution in [0.25, 0.3) is 5.76 Å². The number of hydrogen-bond acceptors (Lipinski definition) is 4. The number of nitriles is 1. The van der Waals surface area contributed by atoms with E-state index in [4.69, 9.17) is 9.47 Å². The van der Waals surface area contributed by atoms with E-state index >= 15 is 0 Å². The maximum Gasteiger partial charge on any atom is 0.198 e. The summed E-state index contributed by atoms with van der Waals surface area (Å²) in [5.41, 5.74) is 2.28. The first kappa shape index (κ1) is 15.1. The zero-order chi connectivity index (χ0) is 16.2. The van der Waals surface area contributed by atoms with E-state index in [2.05, 4.69) is 6.07 Å². The van der Waals surface area contributed by atoms with Crippen molar-refractivity contribution in [3.63, 3.8) is 0 Å². The van der Waals surface area contributed by atoms with Crippen LogP contribution in [-0.4, -0.2) is 18.5 Å². The summed E-state index contributed by atoms with van der Waals surface area (Å²) in [6.45, 7) is 0. The summed E-state index contributed by atoms with van der Waals surface area (Å²) >= 11 is 0. The number of nitrogens with zero attached hydrogens (tertiary/aromatic N) is 1. The highest BCUT2D eigenvalue weighted by Crippen LogP contribution is 2.40. The molecule has 0 saturated heterocycles. The fourth-order valence-corrected chi connectivity index (χ4v) is 2.81. The van der Waals surface area contributed by atoms with Crippen LogP contribution in [0.15, 0.2) is 60.2 Å². The van der Waals surface area contributed by atoms with Gasteiger partial charge in [0.15, 0.2) is 6.29 Å². The van der Waals surface area contributed by atoms with Crippen molar-refractivity contribution in [3.05, 3.63) is 71.3 Å². The van der Waals surface area contributed by atoms with E-state index < -0.39 is 6.29 Å². The maximum atomic E-state index is 10.1. The van der Waals surface area contributed by atoms with Gasteiger partial charge in [0.2, 0.25) is 0 Å². The van der Waals surface area contributed by atoms with Gasteiger partial charge in [-0.25, -0.2) is 0 Å². The predicted octanol–water partition coefficient (Wildman–Crippen LogP) is 3.45. The van der Waals surface area contributed by atoms with Crippen LogP contribution in [0.4, 0.5) is 0 Å². The van der Waals surface area contributed by atoms with Crippen LogP contribution in [0.2, 0.25) is 0 Å². The number of ether oxygens (including phenoxy) is 2. The first-order valence-corrected chi connectivity index (χ1v) is 7.41. The predicted molar refractivity (Wildman–Crippen MR) is 86.4 cm³/mol. The van der Waals surface area contributed by atoms with Crippen molar-refractivity contribution in [2.75, 3.05) is 7.11 Å². The van der Waals surface area contributed by atoms with Crippen molar-refractivity contribution in [1.82, 2.24) is 0 Å². The number of hydrogen-bond donors (Lipinski definition) is 1. The minimum absolute atomic E-state index is 0.204. The molecule has 0 aliphatic carbocycles. The normalized spacial score (nSPS) is 20.6. The van der Waals surface area contributed by atoms with Crippen molar-refractivity contribution in [2.24, 2.45) is 0 Å². The van der Waals surface area contributed by atoms with Gasteiger partial charge in [0, 0.05) is 17.9 Å². The molecule has 3 rings (SSSR count). The molecule has 1 heterocycles. The van der Waals surface area contributed by atoms with Gasteiger partial charge in [-0.2, -0.15) is 5.26 Å². The molecule has 1 aliphatic heterocycles. The van der Waals surface area contributed by atoms with Crippen LogP contribution < -0.4 is 4.74 Å². The van der Waals surface area contributed by atoms with Crippen LogP contribution in [0.1, 0.15) is 23.5 Å². The Hall–Kier alpha value is -2.77. The number of methoxy groups -OCH3 is 1. The number of benzene rings is 2. The van der Waals surface area contributed by atoms with Gasteiger partial charge in [-0.1, -0.05) is 42.5 Å². The first-order chi connectivity index (χ1) is 11.2. The largest absolute Gasteiger partial charge is 0.497 e. The molecule has 0 radical (unpaired) electrons. The Morgan fingerprint density at radius 1 is 1.13 bits per heavy atom. The topological polar surface area (TPSA) is 62.5 Å². The summed E-state index contributed by atoms with van der Waals surface area (Å²) < 4.78 is 10.7. The molecule has 2 aromatic carbocycles. The SMILES string of the molecule is COc1ccc([C@H]2C[C@@H](O)OC(c3ccccc3)=C2C#N)cc1. The Bertz CT molecular complexity index is 744. The van der Waals surface area contributed by atoms with Gasteiger partial charge in [0.05, 0.1) is 18.8 Å². The van der Waals surface area contributed by atoms with E-state index in [1.54, 1.807) is 7.11 Å². The lowest BCUT2D eigenvalue weighted by Gasteiger charge is -2.29. The van der Waals surface area contributed by atoms with Crippen molar-refractivity contribution >= 4 is 5.76 Å². The summed E-state index contributed by atoms with van der Waals surface area (Å²) in [5, 5.41) is 19.7. The third kappa shape index (κ3) is 3.05. The van der Waals surface area contributed by atoms with E-state index in [1.807, 2.05) is 54.6 Å². The van der Waals surface area contributed by atoms with Crippen LogP contribution in [0.3, 0.4) is 0 Å². The molecule has 4 nitrogen and oxygen atoms in total.